The van der Waals surface area contributed by atoms with Gasteiger partial charge in [0.25, 0.3) is 15.9 Å². The molecule has 0 bridgehead atoms. The van der Waals surface area contributed by atoms with Gasteiger partial charge in [0.05, 0.1) is 9.77 Å². The first kappa shape index (κ1) is 18.1. The maximum atomic E-state index is 12.3. The minimum Gasteiger partial charge on any atom is -0.273 e. The predicted octanol–water partition coefficient (Wildman–Crippen LogP) is 3.37. The third-order valence-corrected chi connectivity index (χ3v) is 7.14. The summed E-state index contributed by atoms with van der Waals surface area (Å²) < 4.78 is 24.7. The molecule has 1 heterocycles. The number of amides is 1. The number of nitrogens with one attached hydrogen (secondary N) is 2. The summed E-state index contributed by atoms with van der Waals surface area (Å²) >= 11 is 1.44. The molecule has 0 saturated carbocycles. The molecule has 2 aromatic rings. The minimum absolute atomic E-state index is 0.133. The Morgan fingerprint density at radius 1 is 1.24 bits per heavy atom. The number of rotatable bonds is 6. The minimum atomic E-state index is -3.78. The van der Waals surface area contributed by atoms with Crippen LogP contribution in [0, 0.1) is 0 Å². The number of sulfonamides is 1. The molecule has 1 atom stereocenters. The van der Waals surface area contributed by atoms with E-state index in [9.17, 15) is 13.2 Å². The molecule has 1 aliphatic rings. The molecule has 134 valence electrons. The molecule has 0 aliphatic heterocycles. The number of aryl methyl sites for hydroxylation is 2. The van der Waals surface area contributed by atoms with E-state index in [1.54, 1.807) is 12.1 Å². The lowest BCUT2D eigenvalue weighted by atomic mass is 9.99. The number of thiophene rings is 1. The second-order valence-electron chi connectivity index (χ2n) is 6.35. The van der Waals surface area contributed by atoms with E-state index in [1.165, 1.54) is 21.8 Å². The molecule has 2 N–H and O–H groups in total. The van der Waals surface area contributed by atoms with E-state index in [2.05, 4.69) is 24.1 Å². The standard InChI is InChI=1S/C18H22N2O3S2/c1-3-12(2)13-7-9-15(10-8-13)25(22,23)20-19-18(21)17-11-14-5-4-6-16(14)24-17/h7-12,20H,3-6H2,1-2H3,(H,19,21)/t12-/m1/s1. The van der Waals surface area contributed by atoms with Crippen LogP contribution in [0.25, 0.3) is 0 Å². The van der Waals surface area contributed by atoms with Crippen LogP contribution in [0.2, 0.25) is 0 Å². The van der Waals surface area contributed by atoms with E-state index >= 15 is 0 Å². The zero-order chi connectivity index (χ0) is 18.0. The highest BCUT2D eigenvalue weighted by Crippen LogP contribution is 2.30. The van der Waals surface area contributed by atoms with Crippen LogP contribution in [-0.4, -0.2) is 14.3 Å². The van der Waals surface area contributed by atoms with Gasteiger partial charge in [-0.1, -0.05) is 26.0 Å². The van der Waals surface area contributed by atoms with Crippen molar-refractivity contribution in [3.63, 3.8) is 0 Å². The Morgan fingerprint density at radius 3 is 2.60 bits per heavy atom. The smallest absolute Gasteiger partial charge is 0.273 e. The lowest BCUT2D eigenvalue weighted by Crippen LogP contribution is -2.41. The molecule has 0 unspecified atom stereocenters. The fourth-order valence-electron chi connectivity index (χ4n) is 2.89. The average molecular weight is 379 g/mol. The van der Waals surface area contributed by atoms with Gasteiger partial charge < -0.3 is 0 Å². The summed E-state index contributed by atoms with van der Waals surface area (Å²) in [4.78, 5) is 16.3. The maximum absolute atomic E-state index is 12.3. The van der Waals surface area contributed by atoms with Gasteiger partial charge >= 0.3 is 0 Å². The Morgan fingerprint density at radius 2 is 1.96 bits per heavy atom. The normalized spacial score (nSPS) is 15.0. The van der Waals surface area contributed by atoms with Crippen molar-refractivity contribution in [3.05, 3.63) is 51.2 Å². The summed E-state index contributed by atoms with van der Waals surface area (Å²) in [5.41, 5.74) is 4.61. The molecule has 25 heavy (non-hydrogen) atoms. The Balaban J connectivity index is 1.65. The van der Waals surface area contributed by atoms with Gasteiger partial charge in [0, 0.05) is 4.88 Å². The fraction of sp³-hybridized carbons (Fsp3) is 0.389. The first-order chi connectivity index (χ1) is 11.9. The number of benzene rings is 1. The average Bonchev–Trinajstić information content (AvgIpc) is 3.21. The zero-order valence-electron chi connectivity index (χ0n) is 14.3. The SMILES string of the molecule is CC[C@@H](C)c1ccc(S(=O)(=O)NNC(=O)c2cc3c(s2)CCC3)cc1. The second-order valence-corrected chi connectivity index (χ2v) is 9.17. The Kier molecular flexibility index (Phi) is 5.27. The van der Waals surface area contributed by atoms with E-state index in [-0.39, 0.29) is 4.90 Å². The van der Waals surface area contributed by atoms with Gasteiger partial charge in [-0.2, -0.15) is 0 Å². The van der Waals surface area contributed by atoms with Crippen molar-refractivity contribution in [1.82, 2.24) is 10.3 Å². The summed E-state index contributed by atoms with van der Waals surface area (Å²) in [5, 5.41) is 0. The molecular weight excluding hydrogens is 356 g/mol. The van der Waals surface area contributed by atoms with Gasteiger partial charge in [0.2, 0.25) is 0 Å². The number of hydrogen-bond acceptors (Lipinski definition) is 4. The largest absolute Gasteiger partial charge is 0.276 e. The van der Waals surface area contributed by atoms with Gasteiger partial charge in [-0.15, -0.1) is 16.2 Å². The molecule has 0 radical (unpaired) electrons. The van der Waals surface area contributed by atoms with Crippen LogP contribution in [0.4, 0.5) is 0 Å². The van der Waals surface area contributed by atoms with Crippen LogP contribution < -0.4 is 10.3 Å². The Bertz CT molecular complexity index is 849. The van der Waals surface area contributed by atoms with Crippen LogP contribution in [0.1, 0.15) is 58.3 Å². The topological polar surface area (TPSA) is 75.3 Å². The highest BCUT2D eigenvalue weighted by atomic mass is 32.2. The summed E-state index contributed by atoms with van der Waals surface area (Å²) in [5.74, 6) is -0.0376. The van der Waals surface area contributed by atoms with Gasteiger partial charge in [0.15, 0.2) is 0 Å². The molecule has 7 heteroatoms. The van der Waals surface area contributed by atoms with Crippen molar-refractivity contribution < 1.29 is 13.2 Å². The molecule has 3 rings (SSSR count). The molecule has 1 aliphatic carbocycles. The molecule has 1 aromatic carbocycles. The van der Waals surface area contributed by atoms with Crippen molar-refractivity contribution in [3.8, 4) is 0 Å². The predicted molar refractivity (Wildman–Crippen MR) is 99.3 cm³/mol. The van der Waals surface area contributed by atoms with Gasteiger partial charge in [-0.05, 0) is 60.9 Å². The van der Waals surface area contributed by atoms with Crippen molar-refractivity contribution >= 4 is 27.3 Å². The lowest BCUT2D eigenvalue weighted by Gasteiger charge is -2.11. The van der Waals surface area contributed by atoms with Crippen molar-refractivity contribution in [2.24, 2.45) is 0 Å². The first-order valence-electron chi connectivity index (χ1n) is 8.44. The molecule has 1 aromatic heterocycles. The van der Waals surface area contributed by atoms with E-state index in [4.69, 9.17) is 0 Å². The van der Waals surface area contributed by atoms with E-state index in [1.807, 2.05) is 18.2 Å². The molecule has 0 saturated heterocycles. The van der Waals surface area contributed by atoms with Crippen molar-refractivity contribution in [2.75, 3.05) is 0 Å². The van der Waals surface area contributed by atoms with Crippen molar-refractivity contribution in [1.29, 1.82) is 0 Å². The third-order valence-electron chi connectivity index (χ3n) is 4.64. The number of hydrogen-bond donors (Lipinski definition) is 2. The zero-order valence-corrected chi connectivity index (χ0v) is 16.0. The highest BCUT2D eigenvalue weighted by molar-refractivity contribution is 7.89. The fourth-order valence-corrected chi connectivity index (χ4v) is 4.87. The Hall–Kier alpha value is -1.70. The summed E-state index contributed by atoms with van der Waals surface area (Å²) in [6.07, 6.45) is 4.11. The van der Waals surface area contributed by atoms with Crippen LogP contribution in [0.15, 0.2) is 35.2 Å². The van der Waals surface area contributed by atoms with E-state index in [0.29, 0.717) is 10.8 Å². The summed E-state index contributed by atoms with van der Waals surface area (Å²) in [6, 6.07) is 8.62. The quantitative estimate of drug-likeness (QED) is 0.757. The van der Waals surface area contributed by atoms with Crippen LogP contribution in [0.3, 0.4) is 0 Å². The van der Waals surface area contributed by atoms with Crippen molar-refractivity contribution in [2.45, 2.75) is 50.3 Å². The second kappa shape index (κ2) is 7.27. The monoisotopic (exact) mass is 378 g/mol. The number of hydrazine groups is 1. The van der Waals surface area contributed by atoms with Gasteiger partial charge in [0.1, 0.15) is 0 Å². The molecule has 0 fully saturated rings. The van der Waals surface area contributed by atoms with Crippen LogP contribution in [-0.2, 0) is 22.9 Å². The molecule has 5 nitrogen and oxygen atoms in total. The number of carbonyl (C=O) groups excluding carboxylic acids is 1. The number of carbonyl (C=O) groups is 1. The maximum Gasteiger partial charge on any atom is 0.276 e. The van der Waals surface area contributed by atoms with Crippen LogP contribution >= 0.6 is 11.3 Å². The molecule has 1 amide bonds. The van der Waals surface area contributed by atoms with Gasteiger partial charge in [-0.25, -0.2) is 8.42 Å². The van der Waals surface area contributed by atoms with Crippen LogP contribution in [0.5, 0.6) is 0 Å². The molecular formula is C18H22N2O3S2. The summed E-state index contributed by atoms with van der Waals surface area (Å²) in [7, 11) is -3.78. The summed E-state index contributed by atoms with van der Waals surface area (Å²) in [6.45, 7) is 4.19. The van der Waals surface area contributed by atoms with E-state index < -0.39 is 15.9 Å². The van der Waals surface area contributed by atoms with E-state index in [0.717, 1.165) is 31.2 Å². The third kappa shape index (κ3) is 3.94. The molecule has 0 spiro atoms. The lowest BCUT2D eigenvalue weighted by molar-refractivity contribution is 0.0949. The first-order valence-corrected chi connectivity index (χ1v) is 10.7. The Labute approximate surface area is 152 Å². The number of fused-ring (bicyclic) bond motifs is 1. The van der Waals surface area contributed by atoms with Gasteiger partial charge in [-0.3, -0.25) is 10.2 Å². The highest BCUT2D eigenvalue weighted by Gasteiger charge is 2.20.